The average Bonchev–Trinajstić information content (AvgIpc) is 2.92. The van der Waals surface area contributed by atoms with E-state index in [2.05, 4.69) is 5.16 Å². The van der Waals surface area contributed by atoms with Gasteiger partial charge in [0.1, 0.15) is 17.0 Å². The number of fused-ring (bicyclic) bond motifs is 3. The Morgan fingerprint density at radius 3 is 3.05 bits per heavy atom. The molecule has 0 saturated heterocycles. The molecule has 0 radical (unpaired) electrons. The van der Waals surface area contributed by atoms with E-state index in [4.69, 9.17) is 13.7 Å². The quantitative estimate of drug-likeness (QED) is 0.676. The second kappa shape index (κ2) is 4.42. The van der Waals surface area contributed by atoms with Gasteiger partial charge in [-0.15, -0.1) is 0 Å². The summed E-state index contributed by atoms with van der Waals surface area (Å²) in [5, 5.41) is 5.66. The standard InChI is InChI=1S/C14H13NO4/c1-3-17-12(16)7-10-13-11(19-15-10)5-4-9-6-8(2)18-14(9)13/h4-6H,3,7H2,1-2H3. The van der Waals surface area contributed by atoms with Crippen LogP contribution in [0.3, 0.4) is 0 Å². The van der Waals surface area contributed by atoms with Crippen molar-refractivity contribution < 1.29 is 18.5 Å². The molecule has 0 fully saturated rings. The summed E-state index contributed by atoms with van der Waals surface area (Å²) in [6.45, 7) is 4.00. The fourth-order valence-corrected chi connectivity index (χ4v) is 2.18. The van der Waals surface area contributed by atoms with Crippen molar-refractivity contribution in [2.75, 3.05) is 6.61 Å². The number of carbonyl (C=O) groups excluding carboxylic acids is 1. The first kappa shape index (κ1) is 11.8. The van der Waals surface area contributed by atoms with Gasteiger partial charge in [0.05, 0.1) is 18.4 Å². The normalized spacial score (nSPS) is 11.3. The van der Waals surface area contributed by atoms with Gasteiger partial charge in [0.2, 0.25) is 0 Å². The highest BCUT2D eigenvalue weighted by Crippen LogP contribution is 2.30. The van der Waals surface area contributed by atoms with Gasteiger partial charge in [-0.25, -0.2) is 0 Å². The first-order chi connectivity index (χ1) is 9.19. The number of furan rings is 1. The third-order valence-corrected chi connectivity index (χ3v) is 2.93. The summed E-state index contributed by atoms with van der Waals surface area (Å²) in [5.74, 6) is 0.490. The van der Waals surface area contributed by atoms with Crippen molar-refractivity contribution >= 4 is 27.9 Å². The van der Waals surface area contributed by atoms with Crippen LogP contribution in [0.1, 0.15) is 18.4 Å². The third-order valence-electron chi connectivity index (χ3n) is 2.93. The van der Waals surface area contributed by atoms with Crippen LogP contribution >= 0.6 is 0 Å². The lowest BCUT2D eigenvalue weighted by Crippen LogP contribution is -2.07. The molecule has 3 rings (SSSR count). The zero-order valence-corrected chi connectivity index (χ0v) is 10.7. The molecule has 2 heterocycles. The van der Waals surface area contributed by atoms with Crippen LogP contribution in [-0.2, 0) is 16.0 Å². The van der Waals surface area contributed by atoms with E-state index >= 15 is 0 Å². The van der Waals surface area contributed by atoms with E-state index in [9.17, 15) is 4.79 Å². The van der Waals surface area contributed by atoms with Crippen LogP contribution in [-0.4, -0.2) is 17.7 Å². The van der Waals surface area contributed by atoms with E-state index < -0.39 is 0 Å². The maximum atomic E-state index is 11.6. The van der Waals surface area contributed by atoms with Gasteiger partial charge in [-0.3, -0.25) is 4.79 Å². The van der Waals surface area contributed by atoms with Gasteiger partial charge in [-0.1, -0.05) is 5.16 Å². The second-order valence-electron chi connectivity index (χ2n) is 4.33. The Labute approximate surface area is 109 Å². The highest BCUT2D eigenvalue weighted by atomic mass is 16.5. The van der Waals surface area contributed by atoms with E-state index in [-0.39, 0.29) is 12.4 Å². The van der Waals surface area contributed by atoms with E-state index in [1.54, 1.807) is 6.92 Å². The van der Waals surface area contributed by atoms with Gasteiger partial charge >= 0.3 is 5.97 Å². The lowest BCUT2D eigenvalue weighted by molar-refractivity contribution is -0.142. The Hall–Kier alpha value is -2.30. The molecule has 0 atom stereocenters. The minimum Gasteiger partial charge on any atom is -0.466 e. The van der Waals surface area contributed by atoms with Crippen molar-refractivity contribution in [3.05, 3.63) is 29.7 Å². The number of ether oxygens (including phenoxy) is 1. The van der Waals surface area contributed by atoms with Crippen LogP contribution in [0.15, 0.2) is 27.1 Å². The van der Waals surface area contributed by atoms with Crippen molar-refractivity contribution in [2.24, 2.45) is 0 Å². The van der Waals surface area contributed by atoms with Crippen LogP contribution in [0.5, 0.6) is 0 Å². The topological polar surface area (TPSA) is 65.5 Å². The van der Waals surface area contributed by atoms with Crippen LogP contribution in [0.2, 0.25) is 0 Å². The fourth-order valence-electron chi connectivity index (χ4n) is 2.18. The van der Waals surface area contributed by atoms with Gasteiger partial charge in [0.25, 0.3) is 0 Å². The monoisotopic (exact) mass is 259 g/mol. The minimum absolute atomic E-state index is 0.0830. The van der Waals surface area contributed by atoms with Crippen molar-refractivity contribution in [1.29, 1.82) is 0 Å². The summed E-state index contributed by atoms with van der Waals surface area (Å²) in [7, 11) is 0. The highest BCUT2D eigenvalue weighted by molar-refractivity contribution is 6.04. The molecule has 0 saturated carbocycles. The van der Waals surface area contributed by atoms with Crippen molar-refractivity contribution in [1.82, 2.24) is 5.16 Å². The Kier molecular flexibility index (Phi) is 2.74. The number of hydrogen-bond donors (Lipinski definition) is 0. The van der Waals surface area contributed by atoms with Crippen molar-refractivity contribution in [2.45, 2.75) is 20.3 Å². The van der Waals surface area contributed by atoms with Crippen LogP contribution in [0.25, 0.3) is 21.9 Å². The molecule has 0 bridgehead atoms. The fraction of sp³-hybridized carbons (Fsp3) is 0.286. The Balaban J connectivity index is 2.14. The van der Waals surface area contributed by atoms with E-state index in [0.29, 0.717) is 23.5 Å². The highest BCUT2D eigenvalue weighted by Gasteiger charge is 2.17. The largest absolute Gasteiger partial charge is 0.466 e. The Morgan fingerprint density at radius 1 is 1.42 bits per heavy atom. The molecule has 5 heteroatoms. The number of aryl methyl sites for hydroxylation is 1. The number of carbonyl (C=O) groups is 1. The molecule has 2 aromatic heterocycles. The first-order valence-electron chi connectivity index (χ1n) is 6.12. The summed E-state index contributed by atoms with van der Waals surface area (Å²) in [6, 6.07) is 5.68. The van der Waals surface area contributed by atoms with Crippen LogP contribution in [0, 0.1) is 6.92 Å². The SMILES string of the molecule is CCOC(=O)Cc1noc2ccc3cc(C)oc3c12. The number of benzene rings is 1. The molecule has 0 aliphatic heterocycles. The molecule has 0 aliphatic rings. The number of esters is 1. The molecular weight excluding hydrogens is 246 g/mol. The Bertz CT molecular complexity index is 753. The number of rotatable bonds is 3. The third kappa shape index (κ3) is 1.97. The van der Waals surface area contributed by atoms with Gasteiger partial charge in [0.15, 0.2) is 5.58 Å². The summed E-state index contributed by atoms with van der Waals surface area (Å²) in [5.41, 5.74) is 1.87. The molecule has 0 amide bonds. The van der Waals surface area contributed by atoms with E-state index in [1.807, 2.05) is 25.1 Å². The number of hydrogen-bond acceptors (Lipinski definition) is 5. The molecule has 0 aliphatic carbocycles. The lowest BCUT2D eigenvalue weighted by atomic mass is 10.1. The van der Waals surface area contributed by atoms with E-state index in [1.165, 1.54) is 0 Å². The molecule has 5 nitrogen and oxygen atoms in total. The second-order valence-corrected chi connectivity index (χ2v) is 4.33. The predicted molar refractivity (Wildman–Crippen MR) is 68.9 cm³/mol. The van der Waals surface area contributed by atoms with Gasteiger partial charge in [0, 0.05) is 5.39 Å². The molecule has 19 heavy (non-hydrogen) atoms. The molecule has 98 valence electrons. The smallest absolute Gasteiger partial charge is 0.312 e. The van der Waals surface area contributed by atoms with Gasteiger partial charge in [-0.2, -0.15) is 0 Å². The van der Waals surface area contributed by atoms with Gasteiger partial charge in [-0.05, 0) is 32.0 Å². The summed E-state index contributed by atoms with van der Waals surface area (Å²) in [4.78, 5) is 11.6. The van der Waals surface area contributed by atoms with Crippen LogP contribution < -0.4 is 0 Å². The summed E-state index contributed by atoms with van der Waals surface area (Å²) >= 11 is 0. The van der Waals surface area contributed by atoms with Crippen molar-refractivity contribution in [3.8, 4) is 0 Å². The maximum absolute atomic E-state index is 11.6. The minimum atomic E-state index is -0.321. The zero-order valence-electron chi connectivity index (χ0n) is 10.7. The summed E-state index contributed by atoms with van der Waals surface area (Å²) < 4.78 is 15.8. The van der Waals surface area contributed by atoms with Crippen LogP contribution in [0.4, 0.5) is 0 Å². The first-order valence-corrected chi connectivity index (χ1v) is 6.12. The molecule has 3 aromatic rings. The molecular formula is C14H13NO4. The molecule has 0 spiro atoms. The molecule has 0 unspecified atom stereocenters. The summed E-state index contributed by atoms with van der Waals surface area (Å²) in [6.07, 6.45) is 0.0830. The lowest BCUT2D eigenvalue weighted by Gasteiger charge is -1.98. The van der Waals surface area contributed by atoms with Gasteiger partial charge < -0.3 is 13.7 Å². The number of aromatic nitrogens is 1. The predicted octanol–water partition coefficient (Wildman–Crippen LogP) is 2.99. The number of nitrogens with zero attached hydrogens (tertiary/aromatic N) is 1. The van der Waals surface area contributed by atoms with E-state index in [0.717, 1.165) is 16.5 Å². The van der Waals surface area contributed by atoms with Crippen molar-refractivity contribution in [3.63, 3.8) is 0 Å². The zero-order chi connectivity index (χ0) is 13.4. The molecule has 1 aromatic carbocycles. The Morgan fingerprint density at radius 2 is 2.26 bits per heavy atom. The maximum Gasteiger partial charge on any atom is 0.312 e. The molecule has 0 N–H and O–H groups in total. The average molecular weight is 259 g/mol.